The smallest absolute Gasteiger partial charge is 0.387 e. The number of alkyl halides is 2. The van der Waals surface area contributed by atoms with E-state index in [0.29, 0.717) is 0 Å². The number of carboxylic acid groups (broad SMARTS) is 1. The second-order valence-electron chi connectivity index (χ2n) is 3.99. The number of nitrogens with zero attached hydrogens (tertiary/aromatic N) is 1. The minimum atomic E-state index is -3.08. The molecular weight excluding hydrogens is 288 g/mol. The summed E-state index contributed by atoms with van der Waals surface area (Å²) >= 11 is 0. The van der Waals surface area contributed by atoms with Gasteiger partial charge in [-0.05, 0) is 12.1 Å². The topological polar surface area (TPSA) is 76.1 Å². The lowest BCUT2D eigenvalue weighted by Gasteiger charge is -2.21. The second kappa shape index (κ2) is 8.15. The molecule has 0 saturated carbocycles. The molecule has 1 N–H and O–H groups in total. The van der Waals surface area contributed by atoms with E-state index in [2.05, 4.69) is 4.74 Å². The first kappa shape index (κ1) is 16.8. The summed E-state index contributed by atoms with van der Waals surface area (Å²) in [6.45, 7) is -3.50. The van der Waals surface area contributed by atoms with Crippen molar-refractivity contribution in [3.8, 4) is 5.75 Å². The van der Waals surface area contributed by atoms with E-state index in [1.54, 1.807) is 0 Å². The Morgan fingerprint density at radius 3 is 2.57 bits per heavy atom. The number of hydrogen-bond acceptors (Lipinski definition) is 4. The molecule has 1 rings (SSSR count). The average molecular weight is 303 g/mol. The molecule has 116 valence electrons. The van der Waals surface area contributed by atoms with E-state index >= 15 is 0 Å². The highest BCUT2D eigenvalue weighted by Crippen LogP contribution is 2.21. The van der Waals surface area contributed by atoms with Crippen molar-refractivity contribution in [2.45, 2.75) is 6.61 Å². The zero-order valence-electron chi connectivity index (χ0n) is 11.3. The molecule has 0 bridgehead atoms. The lowest BCUT2D eigenvalue weighted by Crippen LogP contribution is -2.38. The number of aliphatic carboxylic acids is 1. The van der Waals surface area contributed by atoms with E-state index in [1.165, 1.54) is 31.4 Å². The van der Waals surface area contributed by atoms with E-state index in [4.69, 9.17) is 9.84 Å². The van der Waals surface area contributed by atoms with Crippen molar-refractivity contribution >= 4 is 11.9 Å². The molecule has 0 saturated heterocycles. The Kier molecular flexibility index (Phi) is 6.54. The lowest BCUT2D eigenvalue weighted by atomic mass is 10.1. The summed E-state index contributed by atoms with van der Waals surface area (Å²) in [5.41, 5.74) is -0.129. The molecule has 1 aromatic carbocycles. The van der Waals surface area contributed by atoms with Crippen LogP contribution in [0, 0.1) is 0 Å². The average Bonchev–Trinajstić information content (AvgIpc) is 2.42. The monoisotopic (exact) mass is 303 g/mol. The van der Waals surface area contributed by atoms with E-state index in [1.807, 2.05) is 0 Å². The Hall–Kier alpha value is -2.22. The van der Waals surface area contributed by atoms with E-state index in [9.17, 15) is 18.4 Å². The molecule has 0 unspecified atom stereocenters. The van der Waals surface area contributed by atoms with Gasteiger partial charge in [-0.25, -0.2) is 0 Å². The van der Waals surface area contributed by atoms with Crippen LogP contribution in [-0.2, 0) is 9.53 Å². The molecule has 21 heavy (non-hydrogen) atoms. The molecular formula is C13H15F2NO5. The highest BCUT2D eigenvalue weighted by atomic mass is 19.3. The molecule has 0 aliphatic heterocycles. The third-order valence-corrected chi connectivity index (χ3v) is 2.51. The standard InChI is InChI=1S/C13H15F2NO5/c1-20-7-6-16(8-11(17)18)12(19)9-4-2-3-5-10(9)21-13(14)15/h2-5,13H,6-8H2,1H3,(H,17,18). The Balaban J connectivity index is 2.99. The number of carbonyl (C=O) groups excluding carboxylic acids is 1. The van der Waals surface area contributed by atoms with Crippen LogP contribution in [-0.4, -0.2) is 55.3 Å². The van der Waals surface area contributed by atoms with Crippen molar-refractivity contribution in [2.24, 2.45) is 0 Å². The molecule has 0 aliphatic carbocycles. The zero-order chi connectivity index (χ0) is 15.8. The maximum atomic E-state index is 12.3. The SMILES string of the molecule is COCCN(CC(=O)O)C(=O)c1ccccc1OC(F)F. The van der Waals surface area contributed by atoms with Gasteiger partial charge in [0.05, 0.1) is 12.2 Å². The van der Waals surface area contributed by atoms with Crippen LogP contribution in [0.4, 0.5) is 8.78 Å². The molecule has 0 atom stereocenters. The normalized spacial score (nSPS) is 10.5. The molecule has 1 amide bonds. The molecule has 1 aromatic rings. The van der Waals surface area contributed by atoms with Gasteiger partial charge >= 0.3 is 12.6 Å². The van der Waals surface area contributed by atoms with Gasteiger partial charge in [-0.2, -0.15) is 8.78 Å². The Bertz CT molecular complexity index is 495. The molecule has 0 fully saturated rings. The highest BCUT2D eigenvalue weighted by molar-refractivity contribution is 5.98. The molecule has 0 heterocycles. The van der Waals surface area contributed by atoms with Gasteiger partial charge < -0.3 is 19.5 Å². The summed E-state index contributed by atoms with van der Waals surface area (Å²) in [4.78, 5) is 24.0. The van der Waals surface area contributed by atoms with E-state index < -0.39 is 25.0 Å². The van der Waals surface area contributed by atoms with Crippen LogP contribution in [0.1, 0.15) is 10.4 Å². The zero-order valence-corrected chi connectivity index (χ0v) is 11.3. The predicted octanol–water partition coefficient (Wildman–Crippen LogP) is 1.46. The number of carboxylic acids is 1. The summed E-state index contributed by atoms with van der Waals surface area (Å²) in [5, 5.41) is 8.81. The number of methoxy groups -OCH3 is 1. The maximum absolute atomic E-state index is 12.3. The van der Waals surface area contributed by atoms with Crippen molar-refractivity contribution in [3.63, 3.8) is 0 Å². The van der Waals surface area contributed by atoms with Crippen LogP contribution < -0.4 is 4.74 Å². The number of para-hydroxylation sites is 1. The van der Waals surface area contributed by atoms with Crippen LogP contribution in [0.5, 0.6) is 5.75 Å². The summed E-state index contributed by atoms with van der Waals surface area (Å²) in [6, 6.07) is 5.42. The summed E-state index contributed by atoms with van der Waals surface area (Å²) < 4.78 is 33.7. The Morgan fingerprint density at radius 1 is 1.33 bits per heavy atom. The predicted molar refractivity (Wildman–Crippen MR) is 68.5 cm³/mol. The number of ether oxygens (including phenoxy) is 2. The number of amides is 1. The fourth-order valence-electron chi connectivity index (χ4n) is 1.63. The third kappa shape index (κ3) is 5.35. The fourth-order valence-corrected chi connectivity index (χ4v) is 1.63. The highest BCUT2D eigenvalue weighted by Gasteiger charge is 2.22. The largest absolute Gasteiger partial charge is 0.480 e. The first-order valence-electron chi connectivity index (χ1n) is 5.99. The van der Waals surface area contributed by atoms with Gasteiger partial charge in [-0.1, -0.05) is 12.1 Å². The molecule has 0 aliphatic rings. The minimum absolute atomic E-state index is 0.0185. The third-order valence-electron chi connectivity index (χ3n) is 2.51. The van der Waals surface area contributed by atoms with Gasteiger partial charge in [0.2, 0.25) is 0 Å². The number of benzene rings is 1. The van der Waals surface area contributed by atoms with Crippen molar-refractivity contribution in [1.82, 2.24) is 4.90 Å². The van der Waals surface area contributed by atoms with Gasteiger partial charge in [-0.15, -0.1) is 0 Å². The van der Waals surface area contributed by atoms with Crippen molar-refractivity contribution < 1.29 is 33.0 Å². The van der Waals surface area contributed by atoms with Gasteiger partial charge in [0.15, 0.2) is 0 Å². The Labute approximate surface area is 119 Å². The maximum Gasteiger partial charge on any atom is 0.387 e. The minimum Gasteiger partial charge on any atom is -0.480 e. The molecule has 8 heteroatoms. The van der Waals surface area contributed by atoms with Crippen molar-refractivity contribution in [2.75, 3.05) is 26.8 Å². The molecule has 0 aromatic heterocycles. The van der Waals surface area contributed by atoms with Gasteiger partial charge in [0.1, 0.15) is 12.3 Å². The van der Waals surface area contributed by atoms with E-state index in [0.717, 1.165) is 4.90 Å². The van der Waals surface area contributed by atoms with Crippen molar-refractivity contribution in [1.29, 1.82) is 0 Å². The summed E-state index contributed by atoms with van der Waals surface area (Å²) in [7, 11) is 1.40. The molecule has 0 radical (unpaired) electrons. The number of halogens is 2. The summed E-state index contributed by atoms with van der Waals surface area (Å²) in [6.07, 6.45) is 0. The van der Waals surface area contributed by atoms with Gasteiger partial charge in [-0.3, -0.25) is 9.59 Å². The number of rotatable bonds is 8. The van der Waals surface area contributed by atoms with Gasteiger partial charge in [0, 0.05) is 13.7 Å². The van der Waals surface area contributed by atoms with Crippen LogP contribution in [0.2, 0.25) is 0 Å². The van der Waals surface area contributed by atoms with Gasteiger partial charge in [0.25, 0.3) is 5.91 Å². The second-order valence-corrected chi connectivity index (χ2v) is 3.99. The van der Waals surface area contributed by atoms with Crippen LogP contribution in [0.25, 0.3) is 0 Å². The van der Waals surface area contributed by atoms with Crippen molar-refractivity contribution in [3.05, 3.63) is 29.8 Å². The fraction of sp³-hybridized carbons (Fsp3) is 0.385. The van der Waals surface area contributed by atoms with Crippen LogP contribution >= 0.6 is 0 Å². The molecule has 0 spiro atoms. The number of hydrogen-bond donors (Lipinski definition) is 1. The van der Waals surface area contributed by atoms with Crippen LogP contribution in [0.15, 0.2) is 24.3 Å². The quantitative estimate of drug-likeness (QED) is 0.787. The van der Waals surface area contributed by atoms with Crippen LogP contribution in [0.3, 0.4) is 0 Å². The number of carbonyl (C=O) groups is 2. The first-order chi connectivity index (χ1) is 9.95. The van der Waals surface area contributed by atoms with E-state index in [-0.39, 0.29) is 24.5 Å². The Morgan fingerprint density at radius 2 is 2.00 bits per heavy atom. The summed E-state index contributed by atoms with van der Waals surface area (Å²) in [5.74, 6) is -2.23. The molecule has 6 nitrogen and oxygen atoms in total. The first-order valence-corrected chi connectivity index (χ1v) is 5.99. The lowest BCUT2D eigenvalue weighted by molar-refractivity contribution is -0.137.